The maximum absolute atomic E-state index is 11.8. The van der Waals surface area contributed by atoms with Gasteiger partial charge in [-0.25, -0.2) is 4.99 Å². The number of carbonyl (C=O) groups excluding carboxylic acids is 1. The highest BCUT2D eigenvalue weighted by molar-refractivity contribution is 14.0. The van der Waals surface area contributed by atoms with Crippen molar-refractivity contribution in [2.75, 3.05) is 73.7 Å². The van der Waals surface area contributed by atoms with Crippen LogP contribution in [-0.2, 0) is 14.3 Å². The van der Waals surface area contributed by atoms with Crippen LogP contribution >= 0.6 is 24.0 Å². The summed E-state index contributed by atoms with van der Waals surface area (Å²) in [5.74, 6) is 1.38. The average Bonchev–Trinajstić information content (AvgIpc) is 3.14. The molecule has 27 heavy (non-hydrogen) atoms. The highest BCUT2D eigenvalue weighted by atomic mass is 127. The van der Waals surface area contributed by atoms with Crippen LogP contribution in [0.15, 0.2) is 4.99 Å². The largest absolute Gasteiger partial charge is 0.383 e. The van der Waals surface area contributed by atoms with Crippen molar-refractivity contribution in [3.63, 3.8) is 0 Å². The zero-order valence-electron chi connectivity index (χ0n) is 16.9. The number of hydrogen-bond donors (Lipinski definition) is 2. The molecule has 0 aliphatic carbocycles. The Kier molecular flexibility index (Phi) is 12.2. The second-order valence-electron chi connectivity index (χ2n) is 7.32. The molecule has 0 aromatic carbocycles. The number of carbonyl (C=O) groups is 1. The fourth-order valence-corrected chi connectivity index (χ4v) is 3.26. The van der Waals surface area contributed by atoms with Gasteiger partial charge in [-0.3, -0.25) is 4.79 Å². The van der Waals surface area contributed by atoms with Crippen molar-refractivity contribution >= 4 is 35.8 Å². The molecule has 0 spiro atoms. The van der Waals surface area contributed by atoms with E-state index in [0.29, 0.717) is 31.1 Å². The van der Waals surface area contributed by atoms with Crippen molar-refractivity contribution in [3.8, 4) is 0 Å². The van der Waals surface area contributed by atoms with Gasteiger partial charge >= 0.3 is 0 Å². The second kappa shape index (κ2) is 13.5. The zero-order valence-corrected chi connectivity index (χ0v) is 19.2. The number of likely N-dealkylation sites (tertiary alicyclic amines) is 1. The Labute approximate surface area is 180 Å². The van der Waals surface area contributed by atoms with E-state index < -0.39 is 0 Å². The van der Waals surface area contributed by atoms with E-state index >= 15 is 0 Å². The summed E-state index contributed by atoms with van der Waals surface area (Å²) >= 11 is 0. The number of nitrogens with zero attached hydrogens (tertiary/aromatic N) is 3. The smallest absolute Gasteiger partial charge is 0.243 e. The molecule has 0 saturated carbocycles. The van der Waals surface area contributed by atoms with Gasteiger partial charge in [-0.05, 0) is 25.2 Å². The van der Waals surface area contributed by atoms with Gasteiger partial charge in [0.05, 0.1) is 13.2 Å². The number of guanidine groups is 1. The number of rotatable bonds is 8. The zero-order chi connectivity index (χ0) is 18.8. The monoisotopic (exact) mass is 497 g/mol. The number of nitrogens with one attached hydrogen (secondary N) is 2. The molecule has 0 radical (unpaired) electrons. The molecule has 1 unspecified atom stereocenters. The number of halogens is 1. The molecule has 2 aliphatic rings. The van der Waals surface area contributed by atoms with E-state index in [0.717, 1.165) is 45.7 Å². The minimum absolute atomic E-state index is 0. The van der Waals surface area contributed by atoms with Gasteiger partial charge in [0.2, 0.25) is 5.91 Å². The van der Waals surface area contributed by atoms with Gasteiger partial charge < -0.3 is 29.9 Å². The van der Waals surface area contributed by atoms with E-state index in [-0.39, 0.29) is 36.4 Å². The SMILES string of the molecule is COCCNC(=NCC(=O)N(C)C)NC1CCN(CC2CCOC2)CC1.I. The number of likely N-dealkylation sites (N-methyl/N-ethyl adjacent to an activating group) is 1. The number of hydrogen-bond acceptors (Lipinski definition) is 5. The van der Waals surface area contributed by atoms with Crippen molar-refractivity contribution in [3.05, 3.63) is 0 Å². The lowest BCUT2D eigenvalue weighted by Gasteiger charge is -2.34. The number of piperidine rings is 1. The van der Waals surface area contributed by atoms with Crippen LogP contribution in [-0.4, -0.2) is 101 Å². The van der Waals surface area contributed by atoms with Crippen LogP contribution in [0.2, 0.25) is 0 Å². The van der Waals surface area contributed by atoms with E-state index in [1.54, 1.807) is 26.1 Å². The Bertz CT molecular complexity index is 450. The molecule has 0 bridgehead atoms. The van der Waals surface area contributed by atoms with Crippen molar-refractivity contribution in [1.82, 2.24) is 20.4 Å². The molecule has 1 atom stereocenters. The maximum atomic E-state index is 11.8. The molecule has 158 valence electrons. The predicted molar refractivity (Wildman–Crippen MR) is 118 cm³/mol. The normalized spacial score (nSPS) is 21.6. The van der Waals surface area contributed by atoms with Crippen LogP contribution in [0.5, 0.6) is 0 Å². The first-order chi connectivity index (χ1) is 12.6. The first-order valence-corrected chi connectivity index (χ1v) is 9.62. The summed E-state index contributed by atoms with van der Waals surface area (Å²) in [6, 6.07) is 0.384. The summed E-state index contributed by atoms with van der Waals surface area (Å²) in [4.78, 5) is 20.3. The molecule has 2 rings (SSSR count). The summed E-state index contributed by atoms with van der Waals surface area (Å²) in [7, 11) is 5.16. The molecule has 0 aromatic heterocycles. The molecule has 2 fully saturated rings. The Morgan fingerprint density at radius 3 is 2.63 bits per heavy atom. The third-order valence-electron chi connectivity index (χ3n) is 4.94. The van der Waals surface area contributed by atoms with Crippen LogP contribution in [0.25, 0.3) is 0 Å². The third kappa shape index (κ3) is 9.40. The van der Waals surface area contributed by atoms with Gasteiger partial charge in [-0.2, -0.15) is 0 Å². The van der Waals surface area contributed by atoms with Crippen LogP contribution in [0.1, 0.15) is 19.3 Å². The number of methoxy groups -OCH3 is 1. The van der Waals surface area contributed by atoms with E-state index in [1.165, 1.54) is 6.42 Å². The molecule has 9 heteroatoms. The quantitative estimate of drug-likeness (QED) is 0.219. The maximum Gasteiger partial charge on any atom is 0.243 e. The molecule has 8 nitrogen and oxygen atoms in total. The summed E-state index contributed by atoms with van der Waals surface area (Å²) in [5, 5.41) is 6.73. The predicted octanol–water partition coefficient (Wildman–Crippen LogP) is 0.375. The summed E-state index contributed by atoms with van der Waals surface area (Å²) in [5.41, 5.74) is 0. The summed E-state index contributed by atoms with van der Waals surface area (Å²) in [6.45, 7) is 6.59. The van der Waals surface area contributed by atoms with E-state index in [9.17, 15) is 4.79 Å². The summed E-state index contributed by atoms with van der Waals surface area (Å²) in [6.07, 6.45) is 3.36. The minimum atomic E-state index is -0.00792. The van der Waals surface area contributed by atoms with Gasteiger partial charge in [0.15, 0.2) is 5.96 Å². The molecule has 1 amide bonds. The first kappa shape index (κ1) is 24.4. The number of ether oxygens (including phenoxy) is 2. The lowest BCUT2D eigenvalue weighted by atomic mass is 10.0. The molecule has 0 aromatic rings. The van der Waals surface area contributed by atoms with Gasteiger partial charge in [0.1, 0.15) is 6.54 Å². The Balaban J connectivity index is 0.00000364. The van der Waals surface area contributed by atoms with Crippen LogP contribution in [0, 0.1) is 5.92 Å². The van der Waals surface area contributed by atoms with E-state index in [2.05, 4.69) is 20.5 Å². The van der Waals surface area contributed by atoms with Gasteiger partial charge in [0.25, 0.3) is 0 Å². The van der Waals surface area contributed by atoms with E-state index in [4.69, 9.17) is 9.47 Å². The Morgan fingerprint density at radius 2 is 2.04 bits per heavy atom. The average molecular weight is 497 g/mol. The molecule has 2 heterocycles. The Morgan fingerprint density at radius 1 is 1.30 bits per heavy atom. The number of aliphatic imine (C=N–C) groups is 1. The fraction of sp³-hybridized carbons (Fsp3) is 0.889. The van der Waals surface area contributed by atoms with Crippen LogP contribution in [0.3, 0.4) is 0 Å². The van der Waals surface area contributed by atoms with Gasteiger partial charge in [-0.15, -0.1) is 24.0 Å². The first-order valence-electron chi connectivity index (χ1n) is 9.62. The van der Waals surface area contributed by atoms with Crippen molar-refractivity contribution in [1.29, 1.82) is 0 Å². The molecule has 2 aliphatic heterocycles. The highest BCUT2D eigenvalue weighted by Gasteiger charge is 2.24. The van der Waals surface area contributed by atoms with E-state index in [1.807, 2.05) is 0 Å². The topological polar surface area (TPSA) is 78.4 Å². The van der Waals surface area contributed by atoms with Gasteiger partial charge in [-0.1, -0.05) is 0 Å². The Hall–Kier alpha value is -0.650. The lowest BCUT2D eigenvalue weighted by molar-refractivity contribution is -0.127. The van der Waals surface area contributed by atoms with Crippen LogP contribution in [0.4, 0.5) is 0 Å². The van der Waals surface area contributed by atoms with Crippen LogP contribution < -0.4 is 10.6 Å². The molecular formula is C18H36IN5O3. The van der Waals surface area contributed by atoms with Gasteiger partial charge in [0, 0.05) is 60.0 Å². The minimum Gasteiger partial charge on any atom is -0.383 e. The second-order valence-corrected chi connectivity index (χ2v) is 7.32. The molecule has 2 saturated heterocycles. The highest BCUT2D eigenvalue weighted by Crippen LogP contribution is 2.17. The number of amides is 1. The van der Waals surface area contributed by atoms with Crippen molar-refractivity contribution in [2.24, 2.45) is 10.9 Å². The van der Waals surface area contributed by atoms with Crippen molar-refractivity contribution < 1.29 is 14.3 Å². The molecule has 2 N–H and O–H groups in total. The fourth-order valence-electron chi connectivity index (χ4n) is 3.26. The van der Waals surface area contributed by atoms with Crippen molar-refractivity contribution in [2.45, 2.75) is 25.3 Å². The lowest BCUT2D eigenvalue weighted by Crippen LogP contribution is -2.50. The standard InChI is InChI=1S/C18H35N5O3.HI/c1-22(2)17(24)12-20-18(19-7-11-25-3)21-16-4-8-23(9-5-16)13-15-6-10-26-14-15;/h15-16H,4-14H2,1-3H3,(H2,19,20,21);1H. The third-order valence-corrected chi connectivity index (χ3v) is 4.94. The summed E-state index contributed by atoms with van der Waals surface area (Å²) < 4.78 is 10.6. The molecular weight excluding hydrogens is 461 g/mol.